The van der Waals surface area contributed by atoms with Crippen molar-refractivity contribution in [2.24, 2.45) is 17.8 Å². The van der Waals surface area contributed by atoms with Crippen molar-refractivity contribution in [1.29, 1.82) is 0 Å². The maximum absolute atomic E-state index is 11.9. The molecule has 29 heavy (non-hydrogen) atoms. The number of nitrogens with zero attached hydrogens (tertiary/aromatic N) is 3. The van der Waals surface area contributed by atoms with Crippen LogP contribution in [0.3, 0.4) is 0 Å². The largest absolute Gasteiger partial charge is 0.497 e. The standard InChI is InChI=1S/C21H24N4O4/c1-28-16-2-4-17(5-3-16)29-20-18(25(26)27)19(22-12-23-20)24-21-9-13-6-14(10-21)8-15(7-13)11-21/h2-5,12-15H,6-11H2,1H3,(H,22,23,24). The molecule has 0 unspecified atom stereocenters. The van der Waals surface area contributed by atoms with Gasteiger partial charge in [0.05, 0.1) is 12.0 Å². The number of benzene rings is 1. The summed E-state index contributed by atoms with van der Waals surface area (Å²) in [5, 5.41) is 15.4. The fourth-order valence-electron chi connectivity index (χ4n) is 5.96. The Bertz CT molecular complexity index is 895. The van der Waals surface area contributed by atoms with Gasteiger partial charge in [-0.15, -0.1) is 0 Å². The fourth-order valence-corrected chi connectivity index (χ4v) is 5.96. The van der Waals surface area contributed by atoms with Crippen molar-refractivity contribution in [2.75, 3.05) is 12.4 Å². The number of nitrogens with one attached hydrogen (secondary N) is 1. The minimum Gasteiger partial charge on any atom is -0.497 e. The lowest BCUT2D eigenvalue weighted by molar-refractivity contribution is -0.385. The third kappa shape index (κ3) is 3.36. The zero-order valence-electron chi connectivity index (χ0n) is 16.3. The number of hydrogen-bond donors (Lipinski definition) is 1. The van der Waals surface area contributed by atoms with Crippen molar-refractivity contribution >= 4 is 11.5 Å². The van der Waals surface area contributed by atoms with Crippen LogP contribution in [0.4, 0.5) is 11.5 Å². The molecule has 1 aromatic heterocycles. The molecule has 1 N–H and O–H groups in total. The predicted molar refractivity (Wildman–Crippen MR) is 106 cm³/mol. The topological polar surface area (TPSA) is 99.4 Å². The normalized spacial score (nSPS) is 29.5. The van der Waals surface area contributed by atoms with Crippen LogP contribution in [-0.2, 0) is 0 Å². The Morgan fingerprint density at radius 3 is 2.17 bits per heavy atom. The van der Waals surface area contributed by atoms with E-state index in [1.807, 2.05) is 0 Å². The van der Waals surface area contributed by atoms with Crippen LogP contribution in [0.2, 0.25) is 0 Å². The summed E-state index contributed by atoms with van der Waals surface area (Å²) in [7, 11) is 1.58. The van der Waals surface area contributed by atoms with Crippen LogP contribution >= 0.6 is 0 Å². The van der Waals surface area contributed by atoms with Gasteiger partial charge in [0, 0.05) is 5.54 Å². The van der Waals surface area contributed by atoms with E-state index in [1.54, 1.807) is 31.4 Å². The van der Waals surface area contributed by atoms with Gasteiger partial charge >= 0.3 is 11.6 Å². The highest BCUT2D eigenvalue weighted by Crippen LogP contribution is 2.57. The highest BCUT2D eigenvalue weighted by Gasteiger charge is 2.51. The predicted octanol–water partition coefficient (Wildman–Crippen LogP) is 4.57. The summed E-state index contributed by atoms with van der Waals surface area (Å²) in [6, 6.07) is 6.85. The lowest BCUT2D eigenvalue weighted by Crippen LogP contribution is -2.55. The molecular formula is C21H24N4O4. The molecule has 4 saturated carbocycles. The molecule has 8 nitrogen and oxygen atoms in total. The first-order valence-corrected chi connectivity index (χ1v) is 10.1. The number of anilines is 1. The van der Waals surface area contributed by atoms with E-state index in [1.165, 1.54) is 25.6 Å². The van der Waals surface area contributed by atoms with Gasteiger partial charge in [-0.1, -0.05) is 0 Å². The molecule has 0 spiro atoms. The van der Waals surface area contributed by atoms with Crippen molar-refractivity contribution in [3.63, 3.8) is 0 Å². The van der Waals surface area contributed by atoms with E-state index < -0.39 is 4.92 Å². The van der Waals surface area contributed by atoms with Crippen LogP contribution in [-0.4, -0.2) is 27.5 Å². The Hall–Kier alpha value is -2.90. The zero-order chi connectivity index (χ0) is 20.0. The summed E-state index contributed by atoms with van der Waals surface area (Å²) in [5.74, 6) is 3.52. The van der Waals surface area contributed by atoms with Crippen molar-refractivity contribution in [3.05, 3.63) is 40.7 Å². The lowest BCUT2D eigenvalue weighted by atomic mass is 9.53. The first-order valence-electron chi connectivity index (χ1n) is 10.1. The first-order chi connectivity index (χ1) is 14.0. The van der Waals surface area contributed by atoms with E-state index in [0.29, 0.717) is 11.5 Å². The molecule has 0 atom stereocenters. The van der Waals surface area contributed by atoms with E-state index in [0.717, 1.165) is 37.0 Å². The molecule has 0 saturated heterocycles. The summed E-state index contributed by atoms with van der Waals surface area (Å²) in [5.41, 5.74) is -0.301. The summed E-state index contributed by atoms with van der Waals surface area (Å²) in [6.45, 7) is 0. The van der Waals surface area contributed by atoms with Crippen molar-refractivity contribution in [1.82, 2.24) is 9.97 Å². The molecule has 0 amide bonds. The minimum atomic E-state index is -0.457. The van der Waals surface area contributed by atoms with Gasteiger partial charge < -0.3 is 14.8 Å². The van der Waals surface area contributed by atoms with Gasteiger partial charge in [-0.05, 0) is 80.5 Å². The number of hydrogen-bond acceptors (Lipinski definition) is 7. The molecule has 8 heteroatoms. The molecule has 0 aliphatic heterocycles. The summed E-state index contributed by atoms with van der Waals surface area (Å²) in [4.78, 5) is 19.7. The molecule has 4 aliphatic carbocycles. The van der Waals surface area contributed by atoms with E-state index in [2.05, 4.69) is 15.3 Å². The van der Waals surface area contributed by atoms with Crippen LogP contribution in [0.5, 0.6) is 17.4 Å². The Balaban J connectivity index is 1.44. The quantitative estimate of drug-likeness (QED) is 0.564. The zero-order valence-corrected chi connectivity index (χ0v) is 16.3. The van der Waals surface area contributed by atoms with Gasteiger partial charge in [0.15, 0.2) is 0 Å². The Morgan fingerprint density at radius 1 is 1.03 bits per heavy atom. The van der Waals surface area contributed by atoms with Gasteiger partial charge in [0.1, 0.15) is 17.8 Å². The monoisotopic (exact) mass is 396 g/mol. The van der Waals surface area contributed by atoms with Crippen LogP contribution in [0, 0.1) is 27.9 Å². The van der Waals surface area contributed by atoms with Gasteiger partial charge in [0.2, 0.25) is 5.82 Å². The molecule has 2 aromatic rings. The van der Waals surface area contributed by atoms with Crippen LogP contribution in [0.25, 0.3) is 0 Å². The SMILES string of the molecule is COc1ccc(Oc2ncnc(NC34CC5CC(CC(C5)C3)C4)c2[N+](=O)[O-])cc1. The second-order valence-corrected chi connectivity index (χ2v) is 8.73. The van der Waals surface area contributed by atoms with E-state index >= 15 is 0 Å². The molecule has 0 radical (unpaired) electrons. The van der Waals surface area contributed by atoms with Gasteiger partial charge in [0.25, 0.3) is 0 Å². The molecule has 4 bridgehead atoms. The molecule has 1 heterocycles. The number of nitro groups is 1. The first kappa shape index (κ1) is 18.1. The smallest absolute Gasteiger partial charge is 0.373 e. The second-order valence-electron chi connectivity index (χ2n) is 8.73. The number of methoxy groups -OCH3 is 1. The minimum absolute atomic E-state index is 0.0533. The molecule has 152 valence electrons. The number of ether oxygens (including phenoxy) is 2. The van der Waals surface area contributed by atoms with Crippen LogP contribution < -0.4 is 14.8 Å². The highest BCUT2D eigenvalue weighted by atomic mass is 16.6. The maximum atomic E-state index is 11.9. The van der Waals surface area contributed by atoms with Gasteiger partial charge in [-0.25, -0.2) is 4.98 Å². The van der Waals surface area contributed by atoms with Crippen molar-refractivity contribution < 1.29 is 14.4 Å². The molecule has 6 rings (SSSR count). The van der Waals surface area contributed by atoms with E-state index in [-0.39, 0.29) is 22.9 Å². The molecule has 4 fully saturated rings. The third-order valence-corrected chi connectivity index (χ3v) is 6.67. The van der Waals surface area contributed by atoms with E-state index in [4.69, 9.17) is 9.47 Å². The van der Waals surface area contributed by atoms with Crippen LogP contribution in [0.1, 0.15) is 38.5 Å². The van der Waals surface area contributed by atoms with Crippen molar-refractivity contribution in [3.8, 4) is 17.4 Å². The summed E-state index contributed by atoms with van der Waals surface area (Å²) in [6.07, 6.45) is 8.43. The molecule has 1 aromatic carbocycles. The Kier molecular flexibility index (Phi) is 4.29. The third-order valence-electron chi connectivity index (χ3n) is 6.67. The average Bonchev–Trinajstić information content (AvgIpc) is 2.67. The summed E-state index contributed by atoms with van der Waals surface area (Å²) < 4.78 is 10.9. The molecule has 4 aliphatic rings. The Morgan fingerprint density at radius 2 is 1.62 bits per heavy atom. The van der Waals surface area contributed by atoms with Gasteiger partial charge in [-0.3, -0.25) is 10.1 Å². The van der Waals surface area contributed by atoms with Crippen molar-refractivity contribution in [2.45, 2.75) is 44.1 Å². The van der Waals surface area contributed by atoms with E-state index in [9.17, 15) is 10.1 Å². The summed E-state index contributed by atoms with van der Waals surface area (Å²) >= 11 is 0. The van der Waals surface area contributed by atoms with Crippen LogP contribution in [0.15, 0.2) is 30.6 Å². The lowest BCUT2D eigenvalue weighted by Gasteiger charge is -2.57. The highest BCUT2D eigenvalue weighted by molar-refractivity contribution is 5.63. The number of rotatable bonds is 6. The molecular weight excluding hydrogens is 372 g/mol. The number of aromatic nitrogens is 2. The maximum Gasteiger partial charge on any atom is 0.373 e. The fraction of sp³-hybridized carbons (Fsp3) is 0.524. The average molecular weight is 396 g/mol. The Labute approximate surface area is 168 Å². The second kappa shape index (κ2) is 6.86. The van der Waals surface area contributed by atoms with Gasteiger partial charge in [-0.2, -0.15) is 4.98 Å².